The first kappa shape index (κ1) is 20.0. The number of thiazole rings is 1. The first-order chi connectivity index (χ1) is 13.8. The summed E-state index contributed by atoms with van der Waals surface area (Å²) in [7, 11) is 0. The van der Waals surface area contributed by atoms with Gasteiger partial charge in [-0.3, -0.25) is 20.2 Å². The number of carbonyl (C=O) groups is 2. The average Bonchev–Trinajstić information content (AvgIpc) is 3.17. The lowest BCUT2D eigenvalue weighted by Gasteiger charge is -2.12. The Labute approximate surface area is 168 Å². The molecule has 1 atom stereocenters. The molecule has 2 N–H and O–H groups in total. The summed E-state index contributed by atoms with van der Waals surface area (Å²) in [5.74, 6) is -1.27. The number of hydrogen-bond acceptors (Lipinski definition) is 8. The molecule has 1 amide bonds. The number of anilines is 1. The van der Waals surface area contributed by atoms with Crippen molar-refractivity contribution in [3.05, 3.63) is 69.6 Å². The van der Waals surface area contributed by atoms with Crippen LogP contribution < -0.4 is 5.32 Å². The van der Waals surface area contributed by atoms with Crippen LogP contribution in [0.5, 0.6) is 5.75 Å². The number of amides is 1. The third-order valence-corrected chi connectivity index (χ3v) is 4.60. The van der Waals surface area contributed by atoms with Gasteiger partial charge in [-0.05, 0) is 31.2 Å². The first-order valence-corrected chi connectivity index (χ1v) is 9.22. The summed E-state index contributed by atoms with van der Waals surface area (Å²) in [6.07, 6.45) is -1.08. The predicted octanol–water partition coefficient (Wildman–Crippen LogP) is 3.61. The maximum atomic E-state index is 12.3. The molecular weight excluding hydrogens is 398 g/mol. The second-order valence-corrected chi connectivity index (χ2v) is 6.79. The number of esters is 1. The number of benzene rings is 2. The van der Waals surface area contributed by atoms with Crippen molar-refractivity contribution in [1.29, 1.82) is 0 Å². The Bertz CT molecular complexity index is 1060. The molecule has 2 aromatic carbocycles. The third-order valence-electron chi connectivity index (χ3n) is 3.84. The zero-order valence-electron chi connectivity index (χ0n) is 15.1. The SMILES string of the molecule is CC(OC(=O)c1ccc(O)cc1)C(=O)Nc1nc(-c2cccc([N+](=O)[O-])c2)cs1. The molecule has 0 radical (unpaired) electrons. The van der Waals surface area contributed by atoms with Gasteiger partial charge in [0, 0.05) is 23.1 Å². The van der Waals surface area contributed by atoms with Crippen molar-refractivity contribution in [2.75, 3.05) is 5.32 Å². The van der Waals surface area contributed by atoms with Crippen molar-refractivity contribution in [3.63, 3.8) is 0 Å². The summed E-state index contributed by atoms with van der Waals surface area (Å²) in [5, 5.41) is 24.6. The Balaban J connectivity index is 1.63. The number of nitrogens with one attached hydrogen (secondary N) is 1. The Hall–Kier alpha value is -3.79. The van der Waals surface area contributed by atoms with Crippen LogP contribution in [0.25, 0.3) is 11.3 Å². The van der Waals surface area contributed by atoms with Crippen LogP contribution in [0.4, 0.5) is 10.8 Å². The van der Waals surface area contributed by atoms with Gasteiger partial charge in [0.25, 0.3) is 11.6 Å². The van der Waals surface area contributed by atoms with Crippen molar-refractivity contribution in [2.45, 2.75) is 13.0 Å². The van der Waals surface area contributed by atoms with Gasteiger partial charge in [-0.15, -0.1) is 11.3 Å². The number of aromatic hydroxyl groups is 1. The van der Waals surface area contributed by atoms with E-state index in [-0.39, 0.29) is 22.1 Å². The Morgan fingerprint density at radius 3 is 2.66 bits per heavy atom. The predicted molar refractivity (Wildman–Crippen MR) is 106 cm³/mol. The minimum absolute atomic E-state index is 0.00987. The minimum Gasteiger partial charge on any atom is -0.508 e. The van der Waals surface area contributed by atoms with Crippen LogP contribution in [-0.2, 0) is 9.53 Å². The fourth-order valence-corrected chi connectivity index (χ4v) is 3.05. The lowest BCUT2D eigenvalue weighted by Crippen LogP contribution is -2.29. The van der Waals surface area contributed by atoms with E-state index in [1.807, 2.05) is 0 Å². The summed E-state index contributed by atoms with van der Waals surface area (Å²) in [6, 6.07) is 11.4. The van der Waals surface area contributed by atoms with Gasteiger partial charge in [0.15, 0.2) is 11.2 Å². The number of carbonyl (C=O) groups excluding carboxylic acids is 2. The highest BCUT2D eigenvalue weighted by atomic mass is 32.1. The van der Waals surface area contributed by atoms with Crippen LogP contribution in [0.1, 0.15) is 17.3 Å². The van der Waals surface area contributed by atoms with E-state index in [2.05, 4.69) is 10.3 Å². The average molecular weight is 413 g/mol. The van der Waals surface area contributed by atoms with E-state index in [9.17, 15) is 24.8 Å². The molecule has 3 rings (SSSR count). The molecule has 0 aliphatic heterocycles. The number of nitrogens with zero attached hydrogens (tertiary/aromatic N) is 2. The second kappa shape index (κ2) is 8.48. The summed E-state index contributed by atoms with van der Waals surface area (Å²) in [6.45, 7) is 1.42. The van der Waals surface area contributed by atoms with Gasteiger partial charge in [0.1, 0.15) is 5.75 Å². The zero-order chi connectivity index (χ0) is 21.0. The van der Waals surface area contributed by atoms with Crippen molar-refractivity contribution < 1.29 is 24.4 Å². The highest BCUT2D eigenvalue weighted by Gasteiger charge is 2.20. The van der Waals surface area contributed by atoms with E-state index < -0.39 is 22.9 Å². The maximum absolute atomic E-state index is 12.3. The van der Waals surface area contributed by atoms with Crippen LogP contribution in [0, 0.1) is 10.1 Å². The lowest BCUT2D eigenvalue weighted by atomic mass is 10.1. The van der Waals surface area contributed by atoms with E-state index in [1.54, 1.807) is 17.5 Å². The molecule has 29 heavy (non-hydrogen) atoms. The highest BCUT2D eigenvalue weighted by molar-refractivity contribution is 7.14. The fraction of sp³-hybridized carbons (Fsp3) is 0.105. The number of nitro groups is 1. The molecule has 0 aliphatic carbocycles. The van der Waals surface area contributed by atoms with Crippen LogP contribution in [0.2, 0.25) is 0 Å². The van der Waals surface area contributed by atoms with Crippen molar-refractivity contribution in [2.24, 2.45) is 0 Å². The van der Waals surface area contributed by atoms with E-state index in [0.29, 0.717) is 11.3 Å². The molecule has 0 aliphatic rings. The molecule has 0 fully saturated rings. The topological polar surface area (TPSA) is 132 Å². The Morgan fingerprint density at radius 2 is 1.97 bits per heavy atom. The number of ether oxygens (including phenoxy) is 1. The molecule has 1 heterocycles. The van der Waals surface area contributed by atoms with Gasteiger partial charge in [-0.1, -0.05) is 12.1 Å². The Kier molecular flexibility index (Phi) is 5.84. The van der Waals surface area contributed by atoms with Gasteiger partial charge >= 0.3 is 5.97 Å². The molecule has 148 valence electrons. The molecule has 0 saturated heterocycles. The normalized spacial score (nSPS) is 11.5. The highest BCUT2D eigenvalue weighted by Crippen LogP contribution is 2.27. The number of phenolic OH excluding ortho intramolecular Hbond substituents is 1. The maximum Gasteiger partial charge on any atom is 0.338 e. The quantitative estimate of drug-likeness (QED) is 0.358. The summed E-state index contributed by atoms with van der Waals surface area (Å²) >= 11 is 1.14. The summed E-state index contributed by atoms with van der Waals surface area (Å²) < 4.78 is 5.11. The molecule has 0 spiro atoms. The number of hydrogen-bond donors (Lipinski definition) is 2. The van der Waals surface area contributed by atoms with Crippen LogP contribution >= 0.6 is 11.3 Å². The van der Waals surface area contributed by atoms with E-state index in [1.165, 1.54) is 43.3 Å². The van der Waals surface area contributed by atoms with Gasteiger partial charge in [-0.2, -0.15) is 0 Å². The van der Waals surface area contributed by atoms with Crippen LogP contribution in [0.3, 0.4) is 0 Å². The number of rotatable bonds is 6. The van der Waals surface area contributed by atoms with Crippen molar-refractivity contribution >= 4 is 34.0 Å². The molecule has 10 heteroatoms. The van der Waals surface area contributed by atoms with Gasteiger partial charge in [0.2, 0.25) is 0 Å². The van der Waals surface area contributed by atoms with Crippen LogP contribution in [0.15, 0.2) is 53.9 Å². The number of aromatic nitrogens is 1. The van der Waals surface area contributed by atoms with E-state index in [0.717, 1.165) is 11.3 Å². The third kappa shape index (κ3) is 4.93. The standard InChI is InChI=1S/C19H15N3O6S/c1-11(28-18(25)12-5-7-15(23)8-6-12)17(24)21-19-20-16(10-29-19)13-3-2-4-14(9-13)22(26)27/h2-11,23H,1H3,(H,20,21,24). The van der Waals surface area contributed by atoms with Gasteiger partial charge in [-0.25, -0.2) is 9.78 Å². The number of nitro benzene ring substituents is 1. The molecule has 9 nitrogen and oxygen atoms in total. The molecule has 1 aromatic heterocycles. The summed E-state index contributed by atoms with van der Waals surface area (Å²) in [4.78, 5) is 39.0. The smallest absolute Gasteiger partial charge is 0.338 e. The monoisotopic (exact) mass is 413 g/mol. The molecule has 0 saturated carbocycles. The lowest BCUT2D eigenvalue weighted by molar-refractivity contribution is -0.384. The zero-order valence-corrected chi connectivity index (χ0v) is 15.9. The fourth-order valence-electron chi connectivity index (χ4n) is 2.33. The molecule has 0 bridgehead atoms. The van der Waals surface area contributed by atoms with E-state index >= 15 is 0 Å². The van der Waals surface area contributed by atoms with Crippen molar-refractivity contribution in [1.82, 2.24) is 4.98 Å². The molecular formula is C19H15N3O6S. The Morgan fingerprint density at radius 1 is 1.24 bits per heavy atom. The second-order valence-electron chi connectivity index (χ2n) is 5.93. The number of non-ortho nitro benzene ring substituents is 1. The minimum atomic E-state index is -1.08. The van der Waals surface area contributed by atoms with Crippen molar-refractivity contribution in [3.8, 4) is 17.0 Å². The van der Waals surface area contributed by atoms with Crippen LogP contribution in [-0.4, -0.2) is 33.0 Å². The first-order valence-electron chi connectivity index (χ1n) is 8.34. The largest absolute Gasteiger partial charge is 0.508 e. The molecule has 3 aromatic rings. The van der Waals surface area contributed by atoms with Gasteiger partial charge in [0.05, 0.1) is 16.2 Å². The summed E-state index contributed by atoms with van der Waals surface area (Å²) in [5.41, 5.74) is 1.16. The van der Waals surface area contributed by atoms with Gasteiger partial charge < -0.3 is 9.84 Å². The number of phenols is 1. The molecule has 1 unspecified atom stereocenters. The van der Waals surface area contributed by atoms with E-state index in [4.69, 9.17) is 4.74 Å².